The summed E-state index contributed by atoms with van der Waals surface area (Å²) < 4.78 is 0. The first-order valence-electron chi connectivity index (χ1n) is 4.47. The first-order chi connectivity index (χ1) is 7.13. The molecule has 1 aromatic rings. The third-order valence-corrected chi connectivity index (χ3v) is 2.77. The number of rotatable bonds is 4. The van der Waals surface area contributed by atoms with Crippen LogP contribution in [0, 0.1) is 0 Å². The molecule has 0 saturated carbocycles. The average molecular weight is 245 g/mol. The third-order valence-electron chi connectivity index (χ3n) is 1.81. The van der Waals surface area contributed by atoms with E-state index >= 15 is 0 Å². The molecule has 3 N–H and O–H groups in total. The molecule has 0 radical (unpaired) electrons. The Balaban J connectivity index is 2.57. The summed E-state index contributed by atoms with van der Waals surface area (Å²) in [6, 6.07) is 5.05. The van der Waals surface area contributed by atoms with Gasteiger partial charge in [-0.3, -0.25) is 4.79 Å². The number of carbonyl (C=O) groups is 1. The van der Waals surface area contributed by atoms with Crippen LogP contribution in [0.25, 0.3) is 0 Å². The predicted octanol–water partition coefficient (Wildman–Crippen LogP) is 2.61. The van der Waals surface area contributed by atoms with Crippen molar-refractivity contribution in [1.82, 2.24) is 0 Å². The van der Waals surface area contributed by atoms with E-state index in [-0.39, 0.29) is 5.91 Å². The monoisotopic (exact) mass is 244 g/mol. The number of nitrogens with two attached hydrogens (primary N) is 1. The lowest BCUT2D eigenvalue weighted by atomic mass is 10.2. The molecule has 1 aromatic carbocycles. The third kappa shape index (κ3) is 4.01. The van der Waals surface area contributed by atoms with Gasteiger partial charge in [0.15, 0.2) is 0 Å². The van der Waals surface area contributed by atoms with Crippen molar-refractivity contribution in [2.24, 2.45) is 0 Å². The van der Waals surface area contributed by atoms with Crippen LogP contribution < -0.4 is 11.1 Å². The lowest BCUT2D eigenvalue weighted by molar-refractivity contribution is -0.115. The van der Waals surface area contributed by atoms with Crippen LogP contribution in [0.1, 0.15) is 6.42 Å². The fourth-order valence-electron chi connectivity index (χ4n) is 1.04. The van der Waals surface area contributed by atoms with Crippen LogP contribution in [-0.2, 0) is 4.79 Å². The Morgan fingerprint density at radius 2 is 2.33 bits per heavy atom. The van der Waals surface area contributed by atoms with Crippen LogP contribution in [0.4, 0.5) is 11.4 Å². The molecule has 0 aromatic heterocycles. The second kappa shape index (κ2) is 5.88. The summed E-state index contributed by atoms with van der Waals surface area (Å²) in [5, 5.41) is 3.25. The van der Waals surface area contributed by atoms with Crippen molar-refractivity contribution in [2.75, 3.05) is 23.1 Å². The van der Waals surface area contributed by atoms with E-state index in [4.69, 9.17) is 17.3 Å². The minimum atomic E-state index is -0.00827. The number of carbonyl (C=O) groups excluding carboxylic acids is 1. The summed E-state index contributed by atoms with van der Waals surface area (Å²) in [7, 11) is 0. The Morgan fingerprint density at radius 1 is 1.60 bits per heavy atom. The molecule has 3 nitrogen and oxygen atoms in total. The summed E-state index contributed by atoms with van der Waals surface area (Å²) in [6.45, 7) is 0. The second-order valence-electron chi connectivity index (χ2n) is 3.03. The van der Waals surface area contributed by atoms with Crippen LogP contribution >= 0.6 is 23.4 Å². The van der Waals surface area contributed by atoms with Crippen molar-refractivity contribution in [3.05, 3.63) is 23.2 Å². The van der Waals surface area contributed by atoms with E-state index in [0.717, 1.165) is 5.75 Å². The molecule has 0 aliphatic heterocycles. The highest BCUT2D eigenvalue weighted by Gasteiger charge is 2.03. The number of nitrogens with one attached hydrogen (secondary N) is 1. The van der Waals surface area contributed by atoms with Crippen LogP contribution in [-0.4, -0.2) is 17.9 Å². The highest BCUT2D eigenvalue weighted by atomic mass is 35.5. The lowest BCUT2D eigenvalue weighted by Crippen LogP contribution is -2.12. The van der Waals surface area contributed by atoms with E-state index in [0.29, 0.717) is 22.8 Å². The molecule has 1 amide bonds. The maximum Gasteiger partial charge on any atom is 0.225 e. The minimum absolute atomic E-state index is 0.00827. The molecular formula is C10H13ClN2OS. The van der Waals surface area contributed by atoms with Gasteiger partial charge < -0.3 is 11.1 Å². The number of thioether (sulfide) groups is 1. The van der Waals surface area contributed by atoms with Gasteiger partial charge in [0.1, 0.15) is 0 Å². The molecule has 0 bridgehead atoms. The summed E-state index contributed by atoms with van der Waals surface area (Å²) in [5.41, 5.74) is 6.76. The topological polar surface area (TPSA) is 55.1 Å². The van der Waals surface area contributed by atoms with Crippen molar-refractivity contribution < 1.29 is 4.79 Å². The van der Waals surface area contributed by atoms with Crippen LogP contribution in [0.15, 0.2) is 18.2 Å². The van der Waals surface area contributed by atoms with Gasteiger partial charge in [0.2, 0.25) is 5.91 Å². The zero-order chi connectivity index (χ0) is 11.3. The first-order valence-corrected chi connectivity index (χ1v) is 6.24. The van der Waals surface area contributed by atoms with Gasteiger partial charge in [0.25, 0.3) is 0 Å². The maximum atomic E-state index is 11.4. The van der Waals surface area contributed by atoms with Crippen molar-refractivity contribution in [2.45, 2.75) is 6.42 Å². The molecule has 0 aliphatic rings. The molecule has 0 saturated heterocycles. The standard InChI is InChI=1S/C10H13ClN2OS/c1-15-5-4-10(14)13-7-2-3-8(11)9(12)6-7/h2-3,6H,4-5,12H2,1H3,(H,13,14). The molecule has 5 heteroatoms. The molecule has 15 heavy (non-hydrogen) atoms. The van der Waals surface area contributed by atoms with Gasteiger partial charge in [-0.2, -0.15) is 11.8 Å². The van der Waals surface area contributed by atoms with Crippen molar-refractivity contribution >= 4 is 40.6 Å². The predicted molar refractivity (Wildman–Crippen MR) is 67.5 cm³/mol. The number of nitrogen functional groups attached to an aromatic ring is 1. The average Bonchev–Trinajstić information content (AvgIpc) is 2.20. The summed E-state index contributed by atoms with van der Waals surface area (Å²) >= 11 is 7.40. The van der Waals surface area contributed by atoms with E-state index in [2.05, 4.69) is 5.32 Å². The minimum Gasteiger partial charge on any atom is -0.397 e. The number of hydrogen-bond acceptors (Lipinski definition) is 3. The second-order valence-corrected chi connectivity index (χ2v) is 4.42. The Kier molecular flexibility index (Phi) is 4.78. The number of anilines is 2. The number of benzene rings is 1. The lowest BCUT2D eigenvalue weighted by Gasteiger charge is -2.06. The Bertz CT molecular complexity index is 357. The highest BCUT2D eigenvalue weighted by Crippen LogP contribution is 2.22. The van der Waals surface area contributed by atoms with Gasteiger partial charge >= 0.3 is 0 Å². The van der Waals surface area contributed by atoms with E-state index < -0.39 is 0 Å². The van der Waals surface area contributed by atoms with Gasteiger partial charge in [-0.15, -0.1) is 0 Å². The Labute approximate surface area is 98.4 Å². The first kappa shape index (κ1) is 12.2. The number of amides is 1. The number of hydrogen-bond donors (Lipinski definition) is 2. The Morgan fingerprint density at radius 3 is 2.93 bits per heavy atom. The normalized spacial score (nSPS) is 10.0. The molecule has 1 rings (SSSR count). The highest BCUT2D eigenvalue weighted by molar-refractivity contribution is 7.98. The summed E-state index contributed by atoms with van der Waals surface area (Å²) in [6.07, 6.45) is 2.47. The molecule has 0 aliphatic carbocycles. The fourth-order valence-corrected chi connectivity index (χ4v) is 1.55. The van der Waals surface area contributed by atoms with Crippen molar-refractivity contribution in [3.8, 4) is 0 Å². The molecule has 0 fully saturated rings. The quantitative estimate of drug-likeness (QED) is 0.801. The fraction of sp³-hybridized carbons (Fsp3) is 0.300. The van der Waals surface area contributed by atoms with Crippen LogP contribution in [0.5, 0.6) is 0 Å². The van der Waals surface area contributed by atoms with Crippen molar-refractivity contribution in [1.29, 1.82) is 0 Å². The van der Waals surface area contributed by atoms with E-state index in [9.17, 15) is 4.79 Å². The number of halogens is 1. The largest absolute Gasteiger partial charge is 0.397 e. The van der Waals surface area contributed by atoms with E-state index in [1.807, 2.05) is 6.26 Å². The van der Waals surface area contributed by atoms with Crippen LogP contribution in [0.3, 0.4) is 0 Å². The molecule has 0 unspecified atom stereocenters. The van der Waals surface area contributed by atoms with E-state index in [1.54, 1.807) is 30.0 Å². The summed E-state index contributed by atoms with van der Waals surface area (Å²) in [5.74, 6) is 0.806. The van der Waals surface area contributed by atoms with E-state index in [1.165, 1.54) is 0 Å². The Hall–Kier alpha value is -0.870. The SMILES string of the molecule is CSCCC(=O)Nc1ccc(Cl)c(N)c1. The zero-order valence-electron chi connectivity index (χ0n) is 8.42. The van der Waals surface area contributed by atoms with Crippen LogP contribution in [0.2, 0.25) is 5.02 Å². The molecule has 82 valence electrons. The zero-order valence-corrected chi connectivity index (χ0v) is 9.99. The maximum absolute atomic E-state index is 11.4. The van der Waals surface area contributed by atoms with Gasteiger partial charge in [0, 0.05) is 17.9 Å². The van der Waals surface area contributed by atoms with Gasteiger partial charge in [-0.25, -0.2) is 0 Å². The smallest absolute Gasteiger partial charge is 0.225 e. The molecule has 0 heterocycles. The molecular weight excluding hydrogens is 232 g/mol. The van der Waals surface area contributed by atoms with Gasteiger partial charge in [0.05, 0.1) is 10.7 Å². The summed E-state index contributed by atoms with van der Waals surface area (Å²) in [4.78, 5) is 11.4. The van der Waals surface area contributed by atoms with Gasteiger partial charge in [-0.1, -0.05) is 11.6 Å². The molecule has 0 atom stereocenters. The van der Waals surface area contributed by atoms with Crippen molar-refractivity contribution in [3.63, 3.8) is 0 Å². The van der Waals surface area contributed by atoms with Gasteiger partial charge in [-0.05, 0) is 24.5 Å². The molecule has 0 spiro atoms.